The van der Waals surface area contributed by atoms with Gasteiger partial charge in [0.15, 0.2) is 0 Å². The third kappa shape index (κ3) is 4.11. The first-order chi connectivity index (χ1) is 14.7. The number of likely N-dealkylation sites (tertiary alicyclic amines) is 1. The number of hydrogen-bond donors (Lipinski definition) is 1. The summed E-state index contributed by atoms with van der Waals surface area (Å²) in [5, 5.41) is 2.19. The van der Waals surface area contributed by atoms with Crippen LogP contribution in [0.25, 0.3) is 0 Å². The second-order valence-corrected chi connectivity index (χ2v) is 11.0. The van der Waals surface area contributed by atoms with Crippen molar-refractivity contribution in [1.29, 1.82) is 0 Å². The minimum atomic E-state index is -4.32. The summed E-state index contributed by atoms with van der Waals surface area (Å²) in [7, 11) is 0. The van der Waals surface area contributed by atoms with E-state index in [1.165, 1.54) is 49.6 Å². The monoisotopic (exact) mass is 452 g/mol. The lowest BCUT2D eigenvalue weighted by atomic mass is 9.91. The highest BCUT2D eigenvalue weighted by atomic mass is 32.2. The molecule has 170 valence electrons. The molecule has 1 spiro atoms. The molecule has 1 saturated carbocycles. The summed E-state index contributed by atoms with van der Waals surface area (Å²) in [6.45, 7) is 6.76. The van der Waals surface area contributed by atoms with Crippen LogP contribution in [0, 0.1) is 11.3 Å². The zero-order chi connectivity index (χ0) is 21.8. The van der Waals surface area contributed by atoms with E-state index in [1.807, 2.05) is 0 Å². The van der Waals surface area contributed by atoms with Gasteiger partial charge in [0.1, 0.15) is 12.0 Å². The average molecular weight is 453 g/mol. The Hall–Kier alpha value is -1.25. The van der Waals surface area contributed by atoms with E-state index < -0.39 is 11.7 Å². The molecule has 4 aliphatic rings. The Labute approximate surface area is 186 Å². The third-order valence-corrected chi connectivity index (χ3v) is 9.12. The quantitative estimate of drug-likeness (QED) is 0.723. The fourth-order valence-corrected chi connectivity index (χ4v) is 6.89. The Kier molecular flexibility index (Phi) is 5.54. The number of nitrogens with one attached hydrogen (secondary N) is 1. The van der Waals surface area contributed by atoms with Crippen molar-refractivity contribution in [2.75, 3.05) is 24.6 Å². The van der Waals surface area contributed by atoms with Crippen LogP contribution in [0.15, 0.2) is 29.3 Å². The van der Waals surface area contributed by atoms with E-state index >= 15 is 0 Å². The van der Waals surface area contributed by atoms with Crippen molar-refractivity contribution in [3.63, 3.8) is 0 Å². The van der Waals surface area contributed by atoms with E-state index in [0.717, 1.165) is 25.0 Å². The van der Waals surface area contributed by atoms with Crippen LogP contribution in [0.1, 0.15) is 50.7 Å². The minimum Gasteiger partial charge on any atom is -0.301 e. The predicted octanol–water partition coefficient (Wildman–Crippen LogP) is 4.61. The van der Waals surface area contributed by atoms with Gasteiger partial charge in [0.2, 0.25) is 0 Å². The van der Waals surface area contributed by atoms with Gasteiger partial charge in [-0.2, -0.15) is 29.9 Å². The molecule has 1 aliphatic carbocycles. The van der Waals surface area contributed by atoms with Crippen molar-refractivity contribution >= 4 is 17.6 Å². The van der Waals surface area contributed by atoms with Crippen molar-refractivity contribution < 1.29 is 13.2 Å². The van der Waals surface area contributed by atoms with Gasteiger partial charge in [-0.25, -0.2) is 4.99 Å². The number of nitrogens with zero attached hydrogens (tertiary/aromatic N) is 3. The molecule has 5 rings (SSSR count). The first kappa shape index (κ1) is 21.6. The van der Waals surface area contributed by atoms with Gasteiger partial charge in [-0.1, -0.05) is 12.1 Å². The highest BCUT2D eigenvalue weighted by Gasteiger charge is 2.47. The molecule has 3 aliphatic heterocycles. The van der Waals surface area contributed by atoms with E-state index in [-0.39, 0.29) is 12.2 Å². The van der Waals surface area contributed by atoms with E-state index in [9.17, 15) is 13.2 Å². The van der Waals surface area contributed by atoms with Gasteiger partial charge in [0, 0.05) is 41.1 Å². The molecule has 0 amide bonds. The first-order valence-corrected chi connectivity index (χ1v) is 12.5. The fraction of sp³-hybridized carbons (Fsp3) is 0.696. The lowest BCUT2D eigenvalue weighted by Gasteiger charge is -2.38. The van der Waals surface area contributed by atoms with E-state index in [1.54, 1.807) is 0 Å². The van der Waals surface area contributed by atoms with Crippen LogP contribution in [0.4, 0.5) is 13.2 Å². The van der Waals surface area contributed by atoms with Gasteiger partial charge >= 0.3 is 6.18 Å². The molecule has 2 saturated heterocycles. The normalized spacial score (nSPS) is 31.3. The van der Waals surface area contributed by atoms with Gasteiger partial charge in [-0.3, -0.25) is 4.90 Å². The Morgan fingerprint density at radius 3 is 2.48 bits per heavy atom. The number of benzene rings is 1. The SMILES string of the molecule is CC(C)N1NC(c2ccc(C(F)(F)F)cc2)=NC1C1CCC(N2CCC3(CSC3)C2)C1. The van der Waals surface area contributed by atoms with Gasteiger partial charge < -0.3 is 5.43 Å². The van der Waals surface area contributed by atoms with Crippen LogP contribution in [-0.4, -0.2) is 58.6 Å². The fourth-order valence-electron chi connectivity index (χ4n) is 5.64. The molecule has 3 unspecified atom stereocenters. The summed E-state index contributed by atoms with van der Waals surface area (Å²) in [5.41, 5.74) is 4.07. The Balaban J connectivity index is 1.29. The molecule has 3 fully saturated rings. The molecule has 1 N–H and O–H groups in total. The number of aliphatic imine (C=N–C) groups is 1. The lowest BCUT2D eigenvalue weighted by molar-refractivity contribution is -0.137. The van der Waals surface area contributed by atoms with Crippen LogP contribution in [-0.2, 0) is 6.18 Å². The zero-order valence-corrected chi connectivity index (χ0v) is 19.0. The standard InChI is InChI=1S/C23H31F3N4S/c1-15(2)30-21(27-20(28-30)16-3-6-18(7-4-16)23(24,25)26)17-5-8-19(11-17)29-10-9-22(12-29)13-31-14-22/h3-4,6-7,15,17,19,21H,5,8-14H2,1-2H3,(H,27,28). The highest BCUT2D eigenvalue weighted by molar-refractivity contribution is 8.00. The van der Waals surface area contributed by atoms with Crippen molar-refractivity contribution in [1.82, 2.24) is 15.3 Å². The minimum absolute atomic E-state index is 0.0399. The summed E-state index contributed by atoms with van der Waals surface area (Å²) in [4.78, 5) is 7.70. The van der Waals surface area contributed by atoms with Crippen LogP contribution in [0.3, 0.4) is 0 Å². The summed E-state index contributed by atoms with van der Waals surface area (Å²) in [5.74, 6) is 3.81. The molecule has 8 heteroatoms. The second kappa shape index (κ2) is 7.96. The summed E-state index contributed by atoms with van der Waals surface area (Å²) in [6.07, 6.45) is 0.603. The third-order valence-electron chi connectivity index (χ3n) is 7.49. The Bertz CT molecular complexity index is 834. The molecular weight excluding hydrogens is 421 g/mol. The van der Waals surface area contributed by atoms with E-state index in [0.29, 0.717) is 28.8 Å². The molecule has 1 aromatic rings. The summed E-state index contributed by atoms with van der Waals surface area (Å²) >= 11 is 2.08. The number of amidine groups is 1. The van der Waals surface area contributed by atoms with E-state index in [4.69, 9.17) is 4.99 Å². The van der Waals surface area contributed by atoms with Crippen LogP contribution < -0.4 is 5.43 Å². The lowest BCUT2D eigenvalue weighted by Crippen LogP contribution is -2.48. The Morgan fingerprint density at radius 1 is 1.16 bits per heavy atom. The van der Waals surface area contributed by atoms with E-state index in [2.05, 4.69) is 40.9 Å². The smallest absolute Gasteiger partial charge is 0.301 e. The zero-order valence-electron chi connectivity index (χ0n) is 18.2. The summed E-state index contributed by atoms with van der Waals surface area (Å²) < 4.78 is 38.7. The van der Waals surface area contributed by atoms with Crippen molar-refractivity contribution in [3.05, 3.63) is 35.4 Å². The van der Waals surface area contributed by atoms with Gasteiger partial charge in [-0.15, -0.1) is 0 Å². The average Bonchev–Trinajstić information content (AvgIpc) is 3.43. The topological polar surface area (TPSA) is 30.9 Å². The number of halogens is 3. The highest BCUT2D eigenvalue weighted by Crippen LogP contribution is 2.47. The maximum Gasteiger partial charge on any atom is 0.416 e. The van der Waals surface area contributed by atoms with Crippen molar-refractivity contribution in [3.8, 4) is 0 Å². The molecular formula is C23H31F3N4S. The van der Waals surface area contributed by atoms with Crippen LogP contribution in [0.5, 0.6) is 0 Å². The van der Waals surface area contributed by atoms with Crippen molar-refractivity contribution in [2.24, 2.45) is 16.3 Å². The molecule has 31 heavy (non-hydrogen) atoms. The van der Waals surface area contributed by atoms with Gasteiger partial charge in [0.25, 0.3) is 0 Å². The molecule has 0 radical (unpaired) electrons. The van der Waals surface area contributed by atoms with Gasteiger partial charge in [0.05, 0.1) is 5.56 Å². The number of thioether (sulfide) groups is 1. The first-order valence-electron chi connectivity index (χ1n) is 11.4. The maximum atomic E-state index is 12.9. The number of hydrogen-bond acceptors (Lipinski definition) is 5. The number of alkyl halides is 3. The Morgan fingerprint density at radius 2 is 1.90 bits per heavy atom. The predicted molar refractivity (Wildman–Crippen MR) is 119 cm³/mol. The molecule has 3 atom stereocenters. The summed E-state index contributed by atoms with van der Waals surface area (Å²) in [6, 6.07) is 6.22. The molecule has 1 aromatic carbocycles. The molecule has 0 bridgehead atoms. The van der Waals surface area contributed by atoms with Crippen LogP contribution in [0.2, 0.25) is 0 Å². The second-order valence-electron chi connectivity index (χ2n) is 10.0. The van der Waals surface area contributed by atoms with Crippen molar-refractivity contribution in [2.45, 2.75) is 64.0 Å². The molecule has 3 heterocycles. The number of hydrazine groups is 1. The van der Waals surface area contributed by atoms with Gasteiger partial charge in [-0.05, 0) is 64.1 Å². The molecule has 0 aromatic heterocycles. The van der Waals surface area contributed by atoms with Crippen LogP contribution >= 0.6 is 11.8 Å². The maximum absolute atomic E-state index is 12.9. The number of rotatable bonds is 4. The largest absolute Gasteiger partial charge is 0.416 e. The molecule has 4 nitrogen and oxygen atoms in total.